The van der Waals surface area contributed by atoms with E-state index < -0.39 is 0 Å². The number of fused-ring (bicyclic) bond motifs is 2. The van der Waals surface area contributed by atoms with E-state index in [0.717, 1.165) is 19.3 Å². The van der Waals surface area contributed by atoms with Crippen molar-refractivity contribution in [2.45, 2.75) is 68.6 Å². The average molecular weight is 360 g/mol. The zero-order chi connectivity index (χ0) is 18.1. The Bertz CT molecular complexity index is 853. The molecule has 0 aromatic heterocycles. The highest BCUT2D eigenvalue weighted by Crippen LogP contribution is 2.59. The van der Waals surface area contributed by atoms with Crippen molar-refractivity contribution >= 4 is 0 Å². The minimum Gasteiger partial charge on any atom is -0.496 e. The minimum atomic E-state index is 0.574. The molecule has 5 aliphatic carbocycles. The SMILES string of the molecule is COc1c2cc3cc1C1CCC1c1cc(cc(c1OC)CCC2)C1CCC31. The van der Waals surface area contributed by atoms with Crippen molar-refractivity contribution in [3.63, 3.8) is 0 Å². The molecule has 0 saturated heterocycles. The van der Waals surface area contributed by atoms with Gasteiger partial charge in [-0.05, 0) is 102 Å². The van der Waals surface area contributed by atoms with Crippen molar-refractivity contribution in [2.24, 2.45) is 0 Å². The van der Waals surface area contributed by atoms with Crippen molar-refractivity contribution in [1.82, 2.24) is 0 Å². The third kappa shape index (κ3) is 2.13. The van der Waals surface area contributed by atoms with Crippen molar-refractivity contribution in [3.8, 4) is 11.5 Å². The van der Waals surface area contributed by atoms with E-state index in [9.17, 15) is 0 Å². The predicted octanol–water partition coefficient (Wildman–Crippen LogP) is 5.83. The molecule has 2 fully saturated rings. The van der Waals surface area contributed by atoms with Crippen LogP contribution in [0.25, 0.3) is 0 Å². The number of benzene rings is 2. The van der Waals surface area contributed by atoms with Crippen molar-refractivity contribution in [2.75, 3.05) is 14.2 Å². The fourth-order valence-electron chi connectivity index (χ4n) is 6.34. The highest BCUT2D eigenvalue weighted by molar-refractivity contribution is 5.56. The van der Waals surface area contributed by atoms with Crippen LogP contribution in [-0.2, 0) is 12.8 Å². The summed E-state index contributed by atoms with van der Waals surface area (Å²) in [5.41, 5.74) is 8.98. The lowest BCUT2D eigenvalue weighted by molar-refractivity contribution is 0.306. The molecule has 0 heterocycles. The fourth-order valence-corrected chi connectivity index (χ4v) is 6.34. The first-order valence-corrected chi connectivity index (χ1v) is 10.7. The Morgan fingerprint density at radius 2 is 1.07 bits per heavy atom. The second-order valence-electron chi connectivity index (χ2n) is 9.04. The fraction of sp³-hybridized carbons (Fsp3) is 0.520. The quantitative estimate of drug-likeness (QED) is 0.671. The molecule has 0 N–H and O–H groups in total. The maximum Gasteiger partial charge on any atom is 0.125 e. The molecule has 0 aliphatic heterocycles. The van der Waals surface area contributed by atoms with Crippen LogP contribution < -0.4 is 9.47 Å². The molecule has 2 saturated carbocycles. The molecule has 4 unspecified atom stereocenters. The molecule has 140 valence electrons. The van der Waals surface area contributed by atoms with E-state index >= 15 is 0 Å². The van der Waals surface area contributed by atoms with Crippen molar-refractivity contribution < 1.29 is 9.47 Å². The average Bonchev–Trinajstić information content (AvgIpc) is 2.60. The van der Waals surface area contributed by atoms with Crippen LogP contribution in [0.5, 0.6) is 11.5 Å². The minimum absolute atomic E-state index is 0.574. The second kappa shape index (κ2) is 5.77. The van der Waals surface area contributed by atoms with Crippen molar-refractivity contribution in [3.05, 3.63) is 57.6 Å². The van der Waals surface area contributed by atoms with Gasteiger partial charge in [-0.2, -0.15) is 0 Å². The van der Waals surface area contributed by atoms with Crippen LogP contribution in [0, 0.1) is 0 Å². The van der Waals surface area contributed by atoms with Gasteiger partial charge in [-0.15, -0.1) is 0 Å². The molecule has 2 aromatic carbocycles. The van der Waals surface area contributed by atoms with Gasteiger partial charge in [-0.1, -0.05) is 24.3 Å². The number of rotatable bonds is 2. The molecule has 4 atom stereocenters. The number of ether oxygens (including phenoxy) is 2. The summed E-state index contributed by atoms with van der Waals surface area (Å²) >= 11 is 0. The topological polar surface area (TPSA) is 18.5 Å². The molecular formula is C25H28O2. The van der Waals surface area contributed by atoms with E-state index in [1.54, 1.807) is 11.1 Å². The predicted molar refractivity (Wildman–Crippen MR) is 107 cm³/mol. The summed E-state index contributed by atoms with van der Waals surface area (Å²) in [5.74, 6) is 4.86. The Kier molecular flexibility index (Phi) is 3.43. The molecule has 5 aliphatic rings. The Hall–Kier alpha value is -1.96. The number of hydrogen-bond donors (Lipinski definition) is 0. The summed E-state index contributed by atoms with van der Waals surface area (Å²) in [6, 6.07) is 10.0. The van der Waals surface area contributed by atoms with Gasteiger partial charge in [0.2, 0.25) is 0 Å². The summed E-state index contributed by atoms with van der Waals surface area (Å²) in [5, 5.41) is 0. The Morgan fingerprint density at radius 3 is 1.44 bits per heavy atom. The normalized spacial score (nSPS) is 29.6. The number of hydrogen-bond acceptors (Lipinski definition) is 2. The summed E-state index contributed by atoms with van der Waals surface area (Å²) < 4.78 is 12.0. The Labute approximate surface area is 161 Å². The van der Waals surface area contributed by atoms with Crippen LogP contribution in [-0.4, -0.2) is 14.2 Å². The van der Waals surface area contributed by atoms with Crippen LogP contribution in [0.4, 0.5) is 0 Å². The third-order valence-corrected chi connectivity index (χ3v) is 7.94. The molecule has 0 amide bonds. The maximum atomic E-state index is 6.02. The van der Waals surface area contributed by atoms with Gasteiger partial charge < -0.3 is 9.47 Å². The molecule has 0 radical (unpaired) electrons. The van der Waals surface area contributed by atoms with E-state index in [1.807, 2.05) is 14.2 Å². The first kappa shape index (κ1) is 16.0. The van der Waals surface area contributed by atoms with Gasteiger partial charge in [-0.25, -0.2) is 0 Å². The second-order valence-corrected chi connectivity index (χ2v) is 9.04. The number of methoxy groups -OCH3 is 2. The largest absolute Gasteiger partial charge is 0.496 e. The monoisotopic (exact) mass is 360 g/mol. The lowest BCUT2D eigenvalue weighted by Crippen LogP contribution is -2.28. The Balaban J connectivity index is 1.68. The van der Waals surface area contributed by atoms with Crippen LogP contribution in [0.2, 0.25) is 0 Å². The highest BCUT2D eigenvalue weighted by Gasteiger charge is 2.42. The zero-order valence-electron chi connectivity index (χ0n) is 16.4. The van der Waals surface area contributed by atoms with Gasteiger partial charge in [0.15, 0.2) is 0 Å². The summed E-state index contributed by atoms with van der Waals surface area (Å²) in [7, 11) is 3.73. The smallest absolute Gasteiger partial charge is 0.125 e. The standard InChI is InChI=1S/C25H28O2/c1-26-24-14-4-3-5-15-11-17-13-23(25(15)27-2)21-9-8-20(21)22(24)12-16(10-14)18-6-7-19(17)18/h10-13,18-21H,3-9H2,1-2H3. The number of aryl methyl sites for hydroxylation is 2. The van der Waals surface area contributed by atoms with E-state index in [1.165, 1.54) is 59.4 Å². The van der Waals surface area contributed by atoms with Gasteiger partial charge in [0.25, 0.3) is 0 Å². The Morgan fingerprint density at radius 1 is 0.630 bits per heavy atom. The zero-order valence-corrected chi connectivity index (χ0v) is 16.4. The molecule has 2 heteroatoms. The van der Waals surface area contributed by atoms with Gasteiger partial charge in [0.05, 0.1) is 14.2 Å². The van der Waals surface area contributed by atoms with Crippen molar-refractivity contribution in [1.29, 1.82) is 0 Å². The first-order valence-electron chi connectivity index (χ1n) is 10.7. The third-order valence-electron chi connectivity index (χ3n) is 7.94. The van der Waals surface area contributed by atoms with Crippen LogP contribution in [0.3, 0.4) is 0 Å². The first-order chi connectivity index (χ1) is 13.3. The molecule has 6 bridgehead atoms. The molecule has 7 rings (SSSR count). The highest BCUT2D eigenvalue weighted by atomic mass is 16.5. The lowest BCUT2D eigenvalue weighted by Gasteiger charge is -2.44. The van der Waals surface area contributed by atoms with Crippen LogP contribution >= 0.6 is 0 Å². The molecule has 2 nitrogen and oxygen atoms in total. The van der Waals surface area contributed by atoms with Gasteiger partial charge in [-0.3, -0.25) is 0 Å². The van der Waals surface area contributed by atoms with Gasteiger partial charge in [0.1, 0.15) is 11.5 Å². The maximum absolute atomic E-state index is 6.02. The molecule has 2 aromatic rings. The van der Waals surface area contributed by atoms with E-state index in [-0.39, 0.29) is 0 Å². The van der Waals surface area contributed by atoms with E-state index in [0.29, 0.717) is 23.7 Å². The summed E-state index contributed by atoms with van der Waals surface area (Å²) in [4.78, 5) is 0. The summed E-state index contributed by atoms with van der Waals surface area (Å²) in [6.45, 7) is 0. The van der Waals surface area contributed by atoms with Gasteiger partial charge >= 0.3 is 0 Å². The molecular weight excluding hydrogens is 332 g/mol. The summed E-state index contributed by atoms with van der Waals surface area (Å²) in [6.07, 6.45) is 8.52. The van der Waals surface area contributed by atoms with Crippen LogP contribution in [0.15, 0.2) is 24.3 Å². The van der Waals surface area contributed by atoms with E-state index in [2.05, 4.69) is 24.3 Å². The molecule has 27 heavy (non-hydrogen) atoms. The molecule has 0 spiro atoms. The van der Waals surface area contributed by atoms with Crippen LogP contribution in [0.1, 0.15) is 89.2 Å². The van der Waals surface area contributed by atoms with E-state index in [4.69, 9.17) is 9.47 Å². The van der Waals surface area contributed by atoms with Gasteiger partial charge in [0, 0.05) is 0 Å². The lowest BCUT2D eigenvalue weighted by atomic mass is 9.61.